The topological polar surface area (TPSA) is 45.9 Å². The summed E-state index contributed by atoms with van der Waals surface area (Å²) in [5.41, 5.74) is 1.17. The number of nitriles is 1. The highest BCUT2D eigenvalue weighted by Gasteiger charge is 2.43. The summed E-state index contributed by atoms with van der Waals surface area (Å²) >= 11 is 0. The molecule has 3 nitrogen and oxygen atoms in total. The Labute approximate surface area is 89.7 Å². The third-order valence-electron chi connectivity index (χ3n) is 2.89. The van der Waals surface area contributed by atoms with Crippen molar-refractivity contribution >= 4 is 0 Å². The van der Waals surface area contributed by atoms with Gasteiger partial charge < -0.3 is 4.74 Å². The zero-order valence-electron chi connectivity index (χ0n) is 8.86. The van der Waals surface area contributed by atoms with Crippen LogP contribution < -0.4 is 4.74 Å². The molecule has 15 heavy (non-hydrogen) atoms. The van der Waals surface area contributed by atoms with Crippen molar-refractivity contribution in [2.45, 2.75) is 26.2 Å². The average Bonchev–Trinajstić information content (AvgIpc) is 2.98. The summed E-state index contributed by atoms with van der Waals surface area (Å²) in [6.07, 6.45) is 4.53. The fourth-order valence-electron chi connectivity index (χ4n) is 1.56. The third kappa shape index (κ3) is 2.27. The van der Waals surface area contributed by atoms with Crippen molar-refractivity contribution in [2.75, 3.05) is 6.61 Å². The van der Waals surface area contributed by atoms with Gasteiger partial charge in [0.25, 0.3) is 0 Å². The largest absolute Gasteiger partial charge is 0.477 e. The maximum atomic E-state index is 8.67. The van der Waals surface area contributed by atoms with Gasteiger partial charge in [0.05, 0.1) is 12.7 Å². The van der Waals surface area contributed by atoms with Gasteiger partial charge >= 0.3 is 0 Å². The molecule has 0 radical (unpaired) electrons. The molecule has 0 N–H and O–H groups in total. The normalized spacial score (nSPS) is 16.8. The van der Waals surface area contributed by atoms with E-state index in [0.717, 1.165) is 18.4 Å². The number of aromatic nitrogens is 1. The van der Waals surface area contributed by atoms with Crippen molar-refractivity contribution in [1.29, 1.82) is 5.26 Å². The van der Waals surface area contributed by atoms with Crippen LogP contribution in [0.1, 0.15) is 24.8 Å². The van der Waals surface area contributed by atoms with E-state index < -0.39 is 0 Å². The summed E-state index contributed by atoms with van der Waals surface area (Å²) in [7, 11) is 0. The van der Waals surface area contributed by atoms with Crippen LogP contribution in [0.5, 0.6) is 5.88 Å². The molecule has 0 atom stereocenters. The lowest BCUT2D eigenvalue weighted by molar-refractivity contribution is 0.227. The smallest absolute Gasteiger partial charge is 0.216 e. The maximum absolute atomic E-state index is 8.67. The summed E-state index contributed by atoms with van der Waals surface area (Å²) in [4.78, 5) is 4.16. The predicted molar refractivity (Wildman–Crippen MR) is 56.4 cm³/mol. The minimum absolute atomic E-state index is 0.124. The number of aryl methyl sites for hydroxylation is 1. The van der Waals surface area contributed by atoms with E-state index in [1.807, 2.05) is 19.1 Å². The number of pyridine rings is 1. The fraction of sp³-hybridized carbons (Fsp3) is 0.500. The van der Waals surface area contributed by atoms with E-state index in [2.05, 4.69) is 11.1 Å². The molecular weight excluding hydrogens is 188 g/mol. The van der Waals surface area contributed by atoms with Gasteiger partial charge in [-0.25, -0.2) is 4.98 Å². The van der Waals surface area contributed by atoms with E-state index in [4.69, 9.17) is 10.00 Å². The molecule has 0 amide bonds. The molecule has 1 saturated carbocycles. The first kappa shape index (κ1) is 9.97. The Morgan fingerprint density at radius 3 is 3.00 bits per heavy atom. The second-order valence-corrected chi connectivity index (χ2v) is 4.25. The summed E-state index contributed by atoms with van der Waals surface area (Å²) in [6, 6.07) is 6.09. The summed E-state index contributed by atoms with van der Waals surface area (Å²) < 4.78 is 5.65. The van der Waals surface area contributed by atoms with E-state index >= 15 is 0 Å². The molecule has 2 rings (SSSR count). The van der Waals surface area contributed by atoms with Crippen LogP contribution in [-0.4, -0.2) is 11.6 Å². The molecule has 1 heterocycles. The number of nitrogens with zero attached hydrogens (tertiary/aromatic N) is 2. The Balaban J connectivity index is 1.94. The van der Waals surface area contributed by atoms with Gasteiger partial charge in [0.2, 0.25) is 5.88 Å². The van der Waals surface area contributed by atoms with Gasteiger partial charge in [0.15, 0.2) is 0 Å². The highest BCUT2D eigenvalue weighted by Crippen LogP contribution is 2.48. The van der Waals surface area contributed by atoms with Crippen molar-refractivity contribution in [3.05, 3.63) is 23.9 Å². The van der Waals surface area contributed by atoms with Gasteiger partial charge in [-0.3, -0.25) is 0 Å². The van der Waals surface area contributed by atoms with Crippen LogP contribution in [0.15, 0.2) is 18.3 Å². The zero-order chi connectivity index (χ0) is 10.7. The Bertz CT molecular complexity index is 391. The van der Waals surface area contributed by atoms with Crippen molar-refractivity contribution < 1.29 is 4.74 Å². The molecule has 1 aromatic heterocycles. The van der Waals surface area contributed by atoms with E-state index in [0.29, 0.717) is 18.9 Å². The van der Waals surface area contributed by atoms with Gasteiger partial charge in [-0.15, -0.1) is 0 Å². The number of hydrogen-bond acceptors (Lipinski definition) is 3. The monoisotopic (exact) mass is 202 g/mol. The first-order valence-corrected chi connectivity index (χ1v) is 5.17. The summed E-state index contributed by atoms with van der Waals surface area (Å²) in [5.74, 6) is 0.696. The third-order valence-corrected chi connectivity index (χ3v) is 2.89. The number of rotatable bonds is 4. The Morgan fingerprint density at radius 2 is 2.40 bits per heavy atom. The van der Waals surface area contributed by atoms with Gasteiger partial charge in [-0.1, -0.05) is 6.07 Å². The first-order chi connectivity index (χ1) is 7.26. The highest BCUT2D eigenvalue weighted by molar-refractivity contribution is 5.23. The van der Waals surface area contributed by atoms with Gasteiger partial charge in [-0.05, 0) is 25.8 Å². The standard InChI is InChI=1S/C12H14N2O/c1-10-3-2-8-14-11(10)15-9-12(4-5-12)6-7-13/h2-3,8H,4-6,9H2,1H3. The molecule has 0 aliphatic heterocycles. The second kappa shape index (κ2) is 3.90. The van der Waals surface area contributed by atoms with E-state index in [1.54, 1.807) is 6.20 Å². The minimum atomic E-state index is 0.124. The molecule has 1 aromatic rings. The lowest BCUT2D eigenvalue weighted by atomic mass is 10.1. The van der Waals surface area contributed by atoms with Crippen LogP contribution in [0, 0.1) is 23.7 Å². The molecule has 78 valence electrons. The van der Waals surface area contributed by atoms with E-state index in [-0.39, 0.29) is 5.41 Å². The molecule has 0 bridgehead atoms. The Kier molecular flexibility index (Phi) is 2.59. The molecule has 0 unspecified atom stereocenters. The van der Waals surface area contributed by atoms with Crippen molar-refractivity contribution in [3.8, 4) is 11.9 Å². The van der Waals surface area contributed by atoms with Crippen LogP contribution in [0.3, 0.4) is 0 Å². The SMILES string of the molecule is Cc1cccnc1OCC1(CC#N)CC1. The maximum Gasteiger partial charge on any atom is 0.216 e. The molecule has 0 saturated heterocycles. The molecular formula is C12H14N2O. The van der Waals surface area contributed by atoms with Crippen LogP contribution in [0.2, 0.25) is 0 Å². The van der Waals surface area contributed by atoms with Crippen LogP contribution in [-0.2, 0) is 0 Å². The molecule has 3 heteroatoms. The van der Waals surface area contributed by atoms with E-state index in [9.17, 15) is 0 Å². The summed E-state index contributed by atoms with van der Waals surface area (Å²) in [5, 5.41) is 8.67. The second-order valence-electron chi connectivity index (χ2n) is 4.25. The van der Waals surface area contributed by atoms with Crippen molar-refractivity contribution in [1.82, 2.24) is 4.98 Å². The lowest BCUT2D eigenvalue weighted by Gasteiger charge is -2.13. The molecule has 0 spiro atoms. The van der Waals surface area contributed by atoms with Crippen molar-refractivity contribution in [3.63, 3.8) is 0 Å². The van der Waals surface area contributed by atoms with Crippen LogP contribution in [0.4, 0.5) is 0 Å². The number of ether oxygens (including phenoxy) is 1. The zero-order valence-corrected chi connectivity index (χ0v) is 8.86. The van der Waals surface area contributed by atoms with Crippen LogP contribution >= 0.6 is 0 Å². The quantitative estimate of drug-likeness (QED) is 0.753. The highest BCUT2D eigenvalue weighted by atomic mass is 16.5. The van der Waals surface area contributed by atoms with Crippen LogP contribution in [0.25, 0.3) is 0 Å². The number of hydrogen-bond donors (Lipinski definition) is 0. The first-order valence-electron chi connectivity index (χ1n) is 5.17. The fourth-order valence-corrected chi connectivity index (χ4v) is 1.56. The molecule has 1 aliphatic rings. The molecule has 1 fully saturated rings. The average molecular weight is 202 g/mol. The Hall–Kier alpha value is -1.56. The van der Waals surface area contributed by atoms with Gasteiger partial charge in [-0.2, -0.15) is 5.26 Å². The molecule has 1 aliphatic carbocycles. The lowest BCUT2D eigenvalue weighted by Crippen LogP contribution is -2.13. The molecule has 0 aromatic carbocycles. The van der Waals surface area contributed by atoms with E-state index in [1.165, 1.54) is 0 Å². The minimum Gasteiger partial charge on any atom is -0.477 e. The van der Waals surface area contributed by atoms with Gasteiger partial charge in [0.1, 0.15) is 0 Å². The predicted octanol–water partition coefficient (Wildman–Crippen LogP) is 2.46. The van der Waals surface area contributed by atoms with Crippen molar-refractivity contribution in [2.24, 2.45) is 5.41 Å². The Morgan fingerprint density at radius 1 is 1.60 bits per heavy atom. The van der Waals surface area contributed by atoms with Gasteiger partial charge in [0, 0.05) is 23.6 Å². The summed E-state index contributed by atoms with van der Waals surface area (Å²) in [6.45, 7) is 2.60.